The van der Waals surface area contributed by atoms with Crippen molar-refractivity contribution in [1.82, 2.24) is 0 Å². The minimum Gasteiger partial charge on any atom is -0.368 e. The number of hydrogen-bond donors (Lipinski definition) is 0. The van der Waals surface area contributed by atoms with Gasteiger partial charge in [-0.25, -0.2) is 0 Å². The minimum absolute atomic E-state index is 0.580. The predicted octanol–water partition coefficient (Wildman–Crippen LogP) is 4.03. The number of carbonyl (C=O) groups excluding carboxylic acids is 1. The van der Waals surface area contributed by atoms with Crippen LogP contribution in [0.25, 0.3) is 0 Å². The van der Waals surface area contributed by atoms with Crippen LogP contribution in [0.5, 0.6) is 0 Å². The van der Waals surface area contributed by atoms with Gasteiger partial charge in [0.1, 0.15) is 0 Å². The lowest BCUT2D eigenvalue weighted by molar-refractivity contribution is 0.112. The van der Waals surface area contributed by atoms with E-state index in [-0.39, 0.29) is 0 Å². The van der Waals surface area contributed by atoms with Gasteiger partial charge in [-0.1, -0.05) is 22.9 Å². The normalized spacial score (nSPS) is 20.4. The van der Waals surface area contributed by atoms with Crippen LogP contribution in [-0.4, -0.2) is 18.9 Å². The predicted molar refractivity (Wildman–Crippen MR) is 74.8 cm³/mol. The SMILES string of the molecule is CC[C@H]1CCCCN1c1cc(Br)ccc1C=O. The highest BCUT2D eigenvalue weighted by atomic mass is 79.9. The third-order valence-corrected chi connectivity index (χ3v) is 4.02. The van der Waals surface area contributed by atoms with Crippen LogP contribution in [-0.2, 0) is 0 Å². The molecular formula is C14H18BrNO. The Morgan fingerprint density at radius 3 is 3.00 bits per heavy atom. The second-order valence-electron chi connectivity index (χ2n) is 4.57. The highest BCUT2D eigenvalue weighted by Crippen LogP contribution is 2.30. The van der Waals surface area contributed by atoms with Crippen LogP contribution in [0.3, 0.4) is 0 Å². The summed E-state index contributed by atoms with van der Waals surface area (Å²) < 4.78 is 1.04. The Kier molecular flexibility index (Phi) is 4.21. The highest BCUT2D eigenvalue weighted by molar-refractivity contribution is 9.10. The molecule has 1 aliphatic heterocycles. The Morgan fingerprint density at radius 1 is 1.47 bits per heavy atom. The van der Waals surface area contributed by atoms with Gasteiger partial charge < -0.3 is 4.90 Å². The molecule has 1 aliphatic rings. The molecule has 1 saturated heterocycles. The second-order valence-corrected chi connectivity index (χ2v) is 5.49. The average Bonchev–Trinajstić information content (AvgIpc) is 2.38. The molecule has 0 radical (unpaired) electrons. The van der Waals surface area contributed by atoms with Crippen molar-refractivity contribution in [3.8, 4) is 0 Å². The number of benzene rings is 1. The average molecular weight is 296 g/mol. The standard InChI is InChI=1S/C14H18BrNO/c1-2-13-5-3-4-8-16(13)14-9-12(15)7-6-11(14)10-17/h6-7,9-10,13H,2-5,8H2,1H3/t13-/m0/s1. The van der Waals surface area contributed by atoms with Crippen molar-refractivity contribution in [2.75, 3.05) is 11.4 Å². The molecule has 0 aromatic heterocycles. The molecule has 0 bridgehead atoms. The molecule has 17 heavy (non-hydrogen) atoms. The van der Waals surface area contributed by atoms with Crippen LogP contribution < -0.4 is 4.90 Å². The van der Waals surface area contributed by atoms with Crippen LogP contribution in [0.4, 0.5) is 5.69 Å². The van der Waals surface area contributed by atoms with E-state index in [0.29, 0.717) is 6.04 Å². The van der Waals surface area contributed by atoms with Crippen molar-refractivity contribution in [3.05, 3.63) is 28.2 Å². The summed E-state index contributed by atoms with van der Waals surface area (Å²) in [7, 11) is 0. The molecule has 1 aromatic rings. The minimum atomic E-state index is 0.580. The largest absolute Gasteiger partial charge is 0.368 e. The first-order valence-electron chi connectivity index (χ1n) is 6.27. The van der Waals surface area contributed by atoms with Crippen LogP contribution in [0.2, 0.25) is 0 Å². The van der Waals surface area contributed by atoms with Gasteiger partial charge in [0.2, 0.25) is 0 Å². The van der Waals surface area contributed by atoms with Gasteiger partial charge in [-0.3, -0.25) is 4.79 Å². The maximum absolute atomic E-state index is 11.1. The number of halogens is 1. The lowest BCUT2D eigenvalue weighted by Gasteiger charge is -2.38. The van der Waals surface area contributed by atoms with Gasteiger partial charge in [-0.15, -0.1) is 0 Å². The van der Waals surface area contributed by atoms with Gasteiger partial charge in [-0.05, 0) is 43.9 Å². The van der Waals surface area contributed by atoms with Crippen LogP contribution >= 0.6 is 15.9 Å². The molecule has 1 atom stereocenters. The fourth-order valence-electron chi connectivity index (χ4n) is 2.61. The third kappa shape index (κ3) is 2.71. The number of nitrogens with zero attached hydrogens (tertiary/aromatic N) is 1. The summed E-state index contributed by atoms with van der Waals surface area (Å²) in [4.78, 5) is 13.5. The Morgan fingerprint density at radius 2 is 2.29 bits per heavy atom. The summed E-state index contributed by atoms with van der Waals surface area (Å²) >= 11 is 3.49. The fraction of sp³-hybridized carbons (Fsp3) is 0.500. The maximum Gasteiger partial charge on any atom is 0.152 e. The number of aldehydes is 1. The molecule has 92 valence electrons. The van der Waals surface area contributed by atoms with Gasteiger partial charge in [0.15, 0.2) is 6.29 Å². The summed E-state index contributed by atoms with van der Waals surface area (Å²) in [6.07, 6.45) is 5.87. The van der Waals surface area contributed by atoms with E-state index in [0.717, 1.165) is 35.0 Å². The van der Waals surface area contributed by atoms with E-state index >= 15 is 0 Å². The quantitative estimate of drug-likeness (QED) is 0.785. The van der Waals surface area contributed by atoms with E-state index in [1.807, 2.05) is 12.1 Å². The number of carbonyl (C=O) groups is 1. The number of anilines is 1. The number of rotatable bonds is 3. The molecular weight excluding hydrogens is 278 g/mol. The molecule has 2 nitrogen and oxygen atoms in total. The first kappa shape index (κ1) is 12.6. The van der Waals surface area contributed by atoms with Gasteiger partial charge in [0, 0.05) is 28.3 Å². The first-order valence-corrected chi connectivity index (χ1v) is 7.07. The molecule has 0 aliphatic carbocycles. The molecule has 0 amide bonds. The van der Waals surface area contributed by atoms with E-state index in [2.05, 4.69) is 33.8 Å². The molecule has 1 heterocycles. The molecule has 1 fully saturated rings. The lowest BCUT2D eigenvalue weighted by atomic mass is 9.98. The summed E-state index contributed by atoms with van der Waals surface area (Å²) in [5, 5.41) is 0. The zero-order valence-electron chi connectivity index (χ0n) is 10.2. The summed E-state index contributed by atoms with van der Waals surface area (Å²) in [5.74, 6) is 0. The summed E-state index contributed by atoms with van der Waals surface area (Å²) in [5.41, 5.74) is 1.88. The van der Waals surface area contributed by atoms with Crippen LogP contribution in [0, 0.1) is 0 Å². The lowest BCUT2D eigenvalue weighted by Crippen LogP contribution is -2.39. The van der Waals surface area contributed by atoms with Crippen LogP contribution in [0.15, 0.2) is 22.7 Å². The fourth-order valence-corrected chi connectivity index (χ4v) is 2.96. The van der Waals surface area contributed by atoms with Crippen molar-refractivity contribution in [1.29, 1.82) is 0 Å². The Balaban J connectivity index is 2.36. The maximum atomic E-state index is 11.1. The summed E-state index contributed by atoms with van der Waals surface area (Å²) in [6, 6.07) is 6.47. The Hall–Kier alpha value is -0.830. The van der Waals surface area contributed by atoms with Crippen molar-refractivity contribution in [2.24, 2.45) is 0 Å². The zero-order chi connectivity index (χ0) is 12.3. The van der Waals surface area contributed by atoms with E-state index in [1.165, 1.54) is 19.3 Å². The molecule has 2 rings (SSSR count). The monoisotopic (exact) mass is 295 g/mol. The van der Waals surface area contributed by atoms with Crippen molar-refractivity contribution >= 4 is 27.9 Å². The number of hydrogen-bond acceptors (Lipinski definition) is 2. The number of piperidine rings is 1. The van der Waals surface area contributed by atoms with Crippen molar-refractivity contribution in [3.63, 3.8) is 0 Å². The summed E-state index contributed by atoms with van der Waals surface area (Å²) in [6.45, 7) is 3.29. The molecule has 1 aromatic carbocycles. The molecule has 0 N–H and O–H groups in total. The van der Waals surface area contributed by atoms with E-state index in [1.54, 1.807) is 0 Å². The smallest absolute Gasteiger partial charge is 0.152 e. The van der Waals surface area contributed by atoms with Crippen molar-refractivity contribution < 1.29 is 4.79 Å². The highest BCUT2D eigenvalue weighted by Gasteiger charge is 2.22. The van der Waals surface area contributed by atoms with Gasteiger partial charge in [0.25, 0.3) is 0 Å². The zero-order valence-corrected chi connectivity index (χ0v) is 11.7. The molecule has 0 unspecified atom stereocenters. The Labute approximate surface area is 111 Å². The molecule has 0 spiro atoms. The van der Waals surface area contributed by atoms with Gasteiger partial charge in [0.05, 0.1) is 0 Å². The van der Waals surface area contributed by atoms with E-state index < -0.39 is 0 Å². The molecule has 3 heteroatoms. The first-order chi connectivity index (χ1) is 8.26. The van der Waals surface area contributed by atoms with Crippen molar-refractivity contribution in [2.45, 2.75) is 38.6 Å². The molecule has 0 saturated carbocycles. The topological polar surface area (TPSA) is 20.3 Å². The second kappa shape index (κ2) is 5.67. The van der Waals surface area contributed by atoms with Gasteiger partial charge >= 0.3 is 0 Å². The van der Waals surface area contributed by atoms with E-state index in [9.17, 15) is 4.79 Å². The van der Waals surface area contributed by atoms with E-state index in [4.69, 9.17) is 0 Å². The Bertz CT molecular complexity index is 405. The van der Waals surface area contributed by atoms with Gasteiger partial charge in [-0.2, -0.15) is 0 Å². The third-order valence-electron chi connectivity index (χ3n) is 3.53. The van der Waals surface area contributed by atoms with Crippen LogP contribution in [0.1, 0.15) is 43.0 Å².